The highest BCUT2D eigenvalue weighted by molar-refractivity contribution is 6.33. The van der Waals surface area contributed by atoms with E-state index in [1.54, 1.807) is 0 Å². The maximum absolute atomic E-state index is 6.12. The second kappa shape index (κ2) is 4.50. The van der Waals surface area contributed by atoms with Crippen LogP contribution in [0.5, 0.6) is 0 Å². The summed E-state index contributed by atoms with van der Waals surface area (Å²) in [6.45, 7) is 3.85. The van der Waals surface area contributed by atoms with E-state index in [0.29, 0.717) is 0 Å². The fraction of sp³-hybridized carbons (Fsp3) is 0.0714. The van der Waals surface area contributed by atoms with Crippen LogP contribution in [0.3, 0.4) is 0 Å². The van der Waals surface area contributed by atoms with Gasteiger partial charge in [0, 0.05) is 10.6 Å². The molecule has 2 rings (SSSR count). The summed E-state index contributed by atoms with van der Waals surface area (Å²) in [7, 11) is 0. The monoisotopic (exact) mass is 215 g/mol. The predicted octanol–water partition coefficient (Wildman–Crippen LogP) is 4.38. The smallest absolute Gasteiger partial charge is 0.0484 e. The predicted molar refractivity (Wildman–Crippen MR) is 65.9 cm³/mol. The van der Waals surface area contributed by atoms with Crippen molar-refractivity contribution in [3.8, 4) is 11.1 Å². The van der Waals surface area contributed by atoms with E-state index in [1.807, 2.05) is 24.3 Å². The Hall–Kier alpha value is -1.27. The van der Waals surface area contributed by atoms with Crippen LogP contribution in [0.1, 0.15) is 5.56 Å². The van der Waals surface area contributed by atoms with Gasteiger partial charge in [0.2, 0.25) is 0 Å². The van der Waals surface area contributed by atoms with Gasteiger partial charge >= 0.3 is 0 Å². The first-order valence-electron chi connectivity index (χ1n) is 4.94. The summed E-state index contributed by atoms with van der Waals surface area (Å²) in [6.07, 6.45) is 0.822. The molecule has 15 heavy (non-hydrogen) atoms. The summed E-state index contributed by atoms with van der Waals surface area (Å²) >= 11 is 6.12. The third-order valence-electron chi connectivity index (χ3n) is 2.43. The standard InChI is InChI=1S/C14H12Cl/c1-2-11-7-9-12(10-8-11)13-5-3-4-6-14(13)15/h3-10H,1-2H2. The lowest BCUT2D eigenvalue weighted by molar-refractivity contribution is 1.27. The SMILES string of the molecule is [CH2]Cc1ccc(-c2ccccc2Cl)cc1. The van der Waals surface area contributed by atoms with Crippen LogP contribution >= 0.6 is 11.6 Å². The van der Waals surface area contributed by atoms with Crippen LogP contribution in [-0.4, -0.2) is 0 Å². The van der Waals surface area contributed by atoms with Gasteiger partial charge in [-0.3, -0.25) is 0 Å². The Bertz CT molecular complexity index is 443. The maximum Gasteiger partial charge on any atom is 0.0484 e. The van der Waals surface area contributed by atoms with Gasteiger partial charge in [0.05, 0.1) is 0 Å². The third kappa shape index (κ3) is 2.21. The number of benzene rings is 2. The zero-order chi connectivity index (χ0) is 10.7. The molecule has 0 fully saturated rings. The van der Waals surface area contributed by atoms with Crippen LogP contribution < -0.4 is 0 Å². The Morgan fingerprint density at radius 2 is 1.60 bits per heavy atom. The number of halogens is 1. The summed E-state index contributed by atoms with van der Waals surface area (Å²) in [5, 5.41) is 0.792. The first kappa shape index (κ1) is 10.3. The van der Waals surface area contributed by atoms with E-state index in [-0.39, 0.29) is 0 Å². The quantitative estimate of drug-likeness (QED) is 0.697. The number of hydrogen-bond donors (Lipinski definition) is 0. The largest absolute Gasteiger partial charge is 0.0837 e. The Morgan fingerprint density at radius 1 is 0.933 bits per heavy atom. The molecule has 0 spiro atoms. The lowest BCUT2D eigenvalue weighted by Crippen LogP contribution is -1.82. The second-order valence-corrected chi connectivity index (χ2v) is 3.83. The van der Waals surface area contributed by atoms with Crippen LogP contribution in [-0.2, 0) is 6.42 Å². The van der Waals surface area contributed by atoms with E-state index in [9.17, 15) is 0 Å². The van der Waals surface area contributed by atoms with Crippen LogP contribution in [0, 0.1) is 6.92 Å². The Morgan fingerprint density at radius 3 is 2.20 bits per heavy atom. The summed E-state index contributed by atoms with van der Waals surface area (Å²) < 4.78 is 0. The molecule has 0 N–H and O–H groups in total. The third-order valence-corrected chi connectivity index (χ3v) is 2.76. The van der Waals surface area contributed by atoms with Crippen LogP contribution in [0.2, 0.25) is 5.02 Å². The van der Waals surface area contributed by atoms with E-state index in [1.165, 1.54) is 5.56 Å². The summed E-state index contributed by atoms with van der Waals surface area (Å²) in [5.74, 6) is 0. The molecule has 0 aliphatic rings. The lowest BCUT2D eigenvalue weighted by Gasteiger charge is -2.04. The van der Waals surface area contributed by atoms with Gasteiger partial charge in [0.25, 0.3) is 0 Å². The van der Waals surface area contributed by atoms with E-state index in [2.05, 4.69) is 31.2 Å². The highest BCUT2D eigenvalue weighted by Gasteiger charge is 2.01. The van der Waals surface area contributed by atoms with Crippen molar-refractivity contribution in [3.05, 3.63) is 66.0 Å². The average molecular weight is 216 g/mol. The molecule has 0 amide bonds. The van der Waals surface area contributed by atoms with Crippen LogP contribution in [0.25, 0.3) is 11.1 Å². The first-order valence-corrected chi connectivity index (χ1v) is 5.32. The van der Waals surface area contributed by atoms with Gasteiger partial charge in [-0.25, -0.2) is 0 Å². The molecule has 0 aromatic heterocycles. The molecule has 0 unspecified atom stereocenters. The summed E-state index contributed by atoms with van der Waals surface area (Å²) in [4.78, 5) is 0. The zero-order valence-corrected chi connectivity index (χ0v) is 9.17. The van der Waals surface area contributed by atoms with Crippen molar-refractivity contribution in [1.82, 2.24) is 0 Å². The van der Waals surface area contributed by atoms with Gasteiger partial charge in [0.1, 0.15) is 0 Å². The second-order valence-electron chi connectivity index (χ2n) is 3.43. The van der Waals surface area contributed by atoms with Crippen molar-refractivity contribution in [3.63, 3.8) is 0 Å². The highest BCUT2D eigenvalue weighted by atomic mass is 35.5. The van der Waals surface area contributed by atoms with Gasteiger partial charge in [-0.2, -0.15) is 0 Å². The van der Waals surface area contributed by atoms with Gasteiger partial charge in [-0.05, 0) is 30.5 Å². The fourth-order valence-corrected chi connectivity index (χ4v) is 1.79. The first-order chi connectivity index (χ1) is 7.31. The van der Waals surface area contributed by atoms with Crippen molar-refractivity contribution < 1.29 is 0 Å². The topological polar surface area (TPSA) is 0 Å². The van der Waals surface area contributed by atoms with Gasteiger partial charge < -0.3 is 0 Å². The minimum atomic E-state index is 0.792. The molecule has 0 heterocycles. The molecule has 0 atom stereocenters. The van der Waals surface area contributed by atoms with Crippen molar-refractivity contribution in [2.75, 3.05) is 0 Å². The van der Waals surface area contributed by atoms with Gasteiger partial charge in [-0.15, -0.1) is 0 Å². The Kier molecular flexibility index (Phi) is 3.08. The molecular formula is C14H12Cl. The van der Waals surface area contributed by atoms with Gasteiger partial charge in [0.15, 0.2) is 0 Å². The molecular weight excluding hydrogens is 204 g/mol. The van der Waals surface area contributed by atoms with Crippen molar-refractivity contribution in [2.24, 2.45) is 0 Å². The van der Waals surface area contributed by atoms with E-state index < -0.39 is 0 Å². The van der Waals surface area contributed by atoms with Crippen molar-refractivity contribution in [2.45, 2.75) is 6.42 Å². The molecule has 1 radical (unpaired) electrons. The molecule has 2 aromatic rings. The molecule has 1 heteroatoms. The normalized spacial score (nSPS) is 10.3. The average Bonchev–Trinajstić information content (AvgIpc) is 2.30. The Labute approximate surface area is 95.5 Å². The Balaban J connectivity index is 2.42. The molecule has 0 aliphatic heterocycles. The van der Waals surface area contributed by atoms with Crippen LogP contribution in [0.4, 0.5) is 0 Å². The molecule has 0 nitrogen and oxygen atoms in total. The van der Waals surface area contributed by atoms with Crippen molar-refractivity contribution in [1.29, 1.82) is 0 Å². The molecule has 75 valence electrons. The minimum Gasteiger partial charge on any atom is -0.0837 e. The van der Waals surface area contributed by atoms with E-state index in [4.69, 9.17) is 11.6 Å². The maximum atomic E-state index is 6.12. The minimum absolute atomic E-state index is 0.792. The van der Waals surface area contributed by atoms with Gasteiger partial charge in [-0.1, -0.05) is 54.1 Å². The van der Waals surface area contributed by atoms with Crippen LogP contribution in [0.15, 0.2) is 48.5 Å². The molecule has 0 bridgehead atoms. The summed E-state index contributed by atoms with van der Waals surface area (Å²) in [6, 6.07) is 16.2. The summed E-state index contributed by atoms with van der Waals surface area (Å²) in [5.41, 5.74) is 3.47. The van der Waals surface area contributed by atoms with E-state index in [0.717, 1.165) is 22.6 Å². The molecule has 0 aliphatic carbocycles. The molecule has 0 saturated heterocycles. The lowest BCUT2D eigenvalue weighted by atomic mass is 10.0. The number of rotatable bonds is 2. The van der Waals surface area contributed by atoms with E-state index >= 15 is 0 Å². The highest BCUT2D eigenvalue weighted by Crippen LogP contribution is 2.27. The fourth-order valence-electron chi connectivity index (χ4n) is 1.55. The zero-order valence-electron chi connectivity index (χ0n) is 8.41. The molecule has 2 aromatic carbocycles. The van der Waals surface area contributed by atoms with Crippen molar-refractivity contribution >= 4 is 11.6 Å². The molecule has 0 saturated carbocycles. The number of hydrogen-bond acceptors (Lipinski definition) is 0.